The Bertz CT molecular complexity index is 1180. The molecule has 2 rings (SSSR count). The van der Waals surface area contributed by atoms with Gasteiger partial charge in [0.15, 0.2) is 0 Å². The molecule has 0 unspecified atom stereocenters. The zero-order chi connectivity index (χ0) is 35.7. The molecular formula is C48H76N2. The molecule has 0 spiro atoms. The van der Waals surface area contributed by atoms with Gasteiger partial charge in [-0.3, -0.25) is 9.98 Å². The zero-order valence-electron chi connectivity index (χ0n) is 33.2. The highest BCUT2D eigenvalue weighted by Gasteiger charge is 2.11. The van der Waals surface area contributed by atoms with Crippen LogP contribution in [0, 0.1) is 0 Å². The minimum atomic E-state index is 0.977. The van der Waals surface area contributed by atoms with Crippen molar-refractivity contribution in [2.75, 3.05) is 0 Å². The first kappa shape index (κ1) is 43.4. The third-order valence-electron chi connectivity index (χ3n) is 9.75. The fourth-order valence-electron chi connectivity index (χ4n) is 6.46. The molecule has 0 aliphatic carbocycles. The maximum absolute atomic E-state index is 5.29. The zero-order valence-corrected chi connectivity index (χ0v) is 33.2. The fourth-order valence-corrected chi connectivity index (χ4v) is 6.46. The molecule has 0 amide bonds. The van der Waals surface area contributed by atoms with E-state index in [-0.39, 0.29) is 0 Å². The molecule has 0 saturated carbocycles. The molecule has 0 heterocycles. The lowest BCUT2D eigenvalue weighted by atomic mass is 10.0. The first-order valence-corrected chi connectivity index (χ1v) is 21.4. The van der Waals surface area contributed by atoms with Crippen molar-refractivity contribution in [3.63, 3.8) is 0 Å². The van der Waals surface area contributed by atoms with Gasteiger partial charge in [0, 0.05) is 0 Å². The van der Waals surface area contributed by atoms with Crippen molar-refractivity contribution >= 4 is 35.0 Å². The molecule has 0 fully saturated rings. The quantitative estimate of drug-likeness (QED) is 0.0559. The lowest BCUT2D eigenvalue weighted by Gasteiger charge is -2.12. The Kier molecular flexibility index (Phi) is 27.0. The van der Waals surface area contributed by atoms with Crippen molar-refractivity contribution in [1.82, 2.24) is 0 Å². The number of unbranched alkanes of at least 4 members (excludes halogenated alkanes) is 20. The molecule has 2 aromatic rings. The molecule has 0 saturated heterocycles. The molecule has 0 aliphatic heterocycles. The van der Waals surface area contributed by atoms with E-state index in [4.69, 9.17) is 9.98 Å². The van der Waals surface area contributed by atoms with Crippen molar-refractivity contribution in [3.8, 4) is 0 Å². The second kappa shape index (κ2) is 31.0. The van der Waals surface area contributed by atoms with Crippen LogP contribution in [0.25, 0.3) is 12.2 Å². The van der Waals surface area contributed by atoms with Crippen LogP contribution >= 0.6 is 0 Å². The van der Waals surface area contributed by atoms with Crippen LogP contribution in [0.1, 0.15) is 206 Å². The fraction of sp³-hybridized carbons (Fsp3) is 0.625. The minimum Gasteiger partial charge on any atom is -0.252 e. The van der Waals surface area contributed by atoms with E-state index in [9.17, 15) is 0 Å². The molecule has 2 heteroatoms. The van der Waals surface area contributed by atoms with Gasteiger partial charge in [-0.1, -0.05) is 192 Å². The molecule has 2 nitrogen and oxygen atoms in total. The third kappa shape index (κ3) is 22.2. The summed E-state index contributed by atoms with van der Waals surface area (Å²) < 4.78 is 0. The van der Waals surface area contributed by atoms with Gasteiger partial charge >= 0.3 is 0 Å². The summed E-state index contributed by atoms with van der Waals surface area (Å²) in [5, 5.41) is 0. The predicted octanol–water partition coefficient (Wildman–Crippen LogP) is 16.8. The van der Waals surface area contributed by atoms with E-state index in [2.05, 4.69) is 101 Å². The predicted molar refractivity (Wildman–Crippen MR) is 228 cm³/mol. The van der Waals surface area contributed by atoms with Crippen LogP contribution in [0.15, 0.2) is 70.7 Å². The lowest BCUT2D eigenvalue weighted by Crippen LogP contribution is -2.14. The largest absolute Gasteiger partial charge is 0.252 e. The second-order valence-electron chi connectivity index (χ2n) is 14.5. The van der Waals surface area contributed by atoms with Crippen LogP contribution < -0.4 is 0 Å². The van der Waals surface area contributed by atoms with E-state index in [1.165, 1.54) is 164 Å². The SMILES string of the molecule is CCCCCCCCCC=Cc1ccc(N=C(CCCC)C(CCCCCCCC)=Nc2ccc(C=CCCCCCCCCC)cc2)cc1. The number of rotatable bonds is 31. The summed E-state index contributed by atoms with van der Waals surface area (Å²) in [6, 6.07) is 17.7. The Morgan fingerprint density at radius 3 is 1.08 bits per heavy atom. The number of aliphatic imine (C=N–C) groups is 2. The average molecular weight is 681 g/mol. The van der Waals surface area contributed by atoms with E-state index < -0.39 is 0 Å². The molecule has 0 atom stereocenters. The van der Waals surface area contributed by atoms with Gasteiger partial charge in [0.2, 0.25) is 0 Å². The summed E-state index contributed by atoms with van der Waals surface area (Å²) in [6.45, 7) is 9.14. The van der Waals surface area contributed by atoms with Gasteiger partial charge in [-0.25, -0.2) is 0 Å². The molecule has 278 valence electrons. The number of hydrogen-bond acceptors (Lipinski definition) is 2. The van der Waals surface area contributed by atoms with Gasteiger partial charge in [0.1, 0.15) is 0 Å². The monoisotopic (exact) mass is 681 g/mol. The van der Waals surface area contributed by atoms with E-state index in [0.29, 0.717) is 0 Å². The normalized spacial score (nSPS) is 12.6. The molecule has 50 heavy (non-hydrogen) atoms. The van der Waals surface area contributed by atoms with E-state index in [1.807, 2.05) is 0 Å². The van der Waals surface area contributed by atoms with Gasteiger partial charge in [0.25, 0.3) is 0 Å². The number of hydrogen-bond donors (Lipinski definition) is 0. The second-order valence-corrected chi connectivity index (χ2v) is 14.5. The van der Waals surface area contributed by atoms with Crippen molar-refractivity contribution in [1.29, 1.82) is 0 Å². The first-order valence-electron chi connectivity index (χ1n) is 21.4. The average Bonchev–Trinajstić information content (AvgIpc) is 3.14. The molecule has 0 N–H and O–H groups in total. The number of benzene rings is 2. The van der Waals surface area contributed by atoms with Crippen molar-refractivity contribution < 1.29 is 0 Å². The Balaban J connectivity index is 2.08. The summed E-state index contributed by atoms with van der Waals surface area (Å²) in [6.07, 6.45) is 42.7. The Labute approximate surface area is 310 Å². The molecule has 0 aliphatic rings. The van der Waals surface area contributed by atoms with Crippen LogP contribution in [0.4, 0.5) is 11.4 Å². The van der Waals surface area contributed by atoms with Crippen LogP contribution in [0.2, 0.25) is 0 Å². The topological polar surface area (TPSA) is 24.7 Å². The van der Waals surface area contributed by atoms with Gasteiger partial charge in [0.05, 0.1) is 22.8 Å². The van der Waals surface area contributed by atoms with Gasteiger partial charge in [-0.2, -0.15) is 0 Å². The standard InChI is InChI=1S/C48H76N2/c1-5-9-13-16-19-21-23-25-28-31-43-35-39-45(40-36-43)49-47(33-12-8-4)48(34-30-27-18-15-11-7-3)50-46-41-37-44(38-42-46)32-29-26-24-22-20-17-14-10-6-2/h28-29,31-32,35-42H,5-27,30,33-34H2,1-4H3. The van der Waals surface area contributed by atoms with Crippen LogP contribution in [-0.4, -0.2) is 11.4 Å². The summed E-state index contributed by atoms with van der Waals surface area (Å²) in [5.74, 6) is 0. The molecule has 0 aromatic heterocycles. The molecule has 0 radical (unpaired) electrons. The van der Waals surface area contributed by atoms with Crippen LogP contribution in [0.5, 0.6) is 0 Å². The van der Waals surface area contributed by atoms with Crippen LogP contribution in [-0.2, 0) is 0 Å². The van der Waals surface area contributed by atoms with Crippen LogP contribution in [0.3, 0.4) is 0 Å². The first-order chi connectivity index (χ1) is 24.7. The van der Waals surface area contributed by atoms with Gasteiger partial charge in [-0.05, 0) is 86.8 Å². The highest BCUT2D eigenvalue weighted by molar-refractivity contribution is 6.43. The molecule has 2 aromatic carbocycles. The maximum Gasteiger partial charge on any atom is 0.0634 e. The summed E-state index contributed by atoms with van der Waals surface area (Å²) in [4.78, 5) is 10.6. The summed E-state index contributed by atoms with van der Waals surface area (Å²) in [7, 11) is 0. The Hall–Kier alpha value is -2.74. The van der Waals surface area contributed by atoms with Crippen molar-refractivity contribution in [2.24, 2.45) is 9.98 Å². The van der Waals surface area contributed by atoms with Gasteiger partial charge < -0.3 is 0 Å². The van der Waals surface area contributed by atoms with Gasteiger partial charge in [-0.15, -0.1) is 0 Å². The Morgan fingerprint density at radius 1 is 0.380 bits per heavy atom. The number of allylic oxidation sites excluding steroid dienone is 2. The number of nitrogens with zero attached hydrogens (tertiary/aromatic N) is 2. The van der Waals surface area contributed by atoms with Crippen molar-refractivity contribution in [3.05, 3.63) is 71.8 Å². The highest BCUT2D eigenvalue weighted by atomic mass is 14.8. The Morgan fingerprint density at radius 2 is 0.700 bits per heavy atom. The summed E-state index contributed by atoms with van der Waals surface area (Å²) in [5.41, 5.74) is 6.95. The third-order valence-corrected chi connectivity index (χ3v) is 9.75. The maximum atomic E-state index is 5.29. The highest BCUT2D eigenvalue weighted by Crippen LogP contribution is 2.22. The van der Waals surface area contributed by atoms with E-state index >= 15 is 0 Å². The smallest absolute Gasteiger partial charge is 0.0634 e. The summed E-state index contributed by atoms with van der Waals surface area (Å²) >= 11 is 0. The van der Waals surface area contributed by atoms with E-state index in [1.54, 1.807) is 0 Å². The van der Waals surface area contributed by atoms with E-state index in [0.717, 1.165) is 37.1 Å². The lowest BCUT2D eigenvalue weighted by molar-refractivity contribution is 0.592. The molecule has 0 bridgehead atoms. The van der Waals surface area contributed by atoms with Crippen molar-refractivity contribution in [2.45, 2.75) is 195 Å². The minimum absolute atomic E-state index is 0.977. The molecular weight excluding hydrogens is 605 g/mol.